The van der Waals surface area contributed by atoms with Gasteiger partial charge in [0.1, 0.15) is 12.0 Å². The first-order chi connectivity index (χ1) is 12.3. The molecule has 2 N–H and O–H groups in total. The van der Waals surface area contributed by atoms with Crippen LogP contribution in [-0.2, 0) is 0 Å². The molecule has 0 fully saturated rings. The van der Waals surface area contributed by atoms with E-state index in [1.165, 1.54) is 16.3 Å². The number of nitrogens with one attached hydrogen (secondary N) is 1. The van der Waals surface area contributed by atoms with Crippen LogP contribution in [-0.4, -0.2) is 30.2 Å². The van der Waals surface area contributed by atoms with Gasteiger partial charge in [-0.2, -0.15) is 0 Å². The summed E-state index contributed by atoms with van der Waals surface area (Å²) in [6, 6.07) is 13.0. The Labute approximate surface area is 161 Å². The van der Waals surface area contributed by atoms with Crippen molar-refractivity contribution in [2.75, 3.05) is 12.9 Å². The van der Waals surface area contributed by atoms with Gasteiger partial charge in [-0.1, -0.05) is 51.6 Å². The summed E-state index contributed by atoms with van der Waals surface area (Å²) in [4.78, 5) is 1.15. The zero-order valence-electron chi connectivity index (χ0n) is 16.5. The van der Waals surface area contributed by atoms with Crippen LogP contribution < -0.4 is 10.1 Å². The maximum atomic E-state index is 9.61. The molecule has 3 unspecified atom stereocenters. The predicted molar refractivity (Wildman–Crippen MR) is 114 cm³/mol. The lowest BCUT2D eigenvalue weighted by atomic mass is 9.97. The summed E-state index contributed by atoms with van der Waals surface area (Å²) in [5.41, 5.74) is 1.27. The van der Waals surface area contributed by atoms with Crippen LogP contribution in [0.2, 0.25) is 0 Å². The number of rotatable bonds is 9. The first-order valence-corrected chi connectivity index (χ1v) is 10.1. The normalized spacial score (nSPS) is 15.0. The lowest BCUT2D eigenvalue weighted by Crippen LogP contribution is -2.41. The van der Waals surface area contributed by atoms with Crippen LogP contribution in [0.5, 0.6) is 5.75 Å². The molecule has 2 rings (SSSR count). The highest BCUT2D eigenvalue weighted by atomic mass is 32.2. The highest BCUT2D eigenvalue weighted by molar-refractivity contribution is 8.03. The van der Waals surface area contributed by atoms with E-state index in [1.807, 2.05) is 6.07 Å². The number of fused-ring (bicyclic) bond motifs is 1. The Balaban J connectivity index is 2.06. The molecule has 0 saturated heterocycles. The van der Waals surface area contributed by atoms with E-state index in [2.05, 4.69) is 63.0 Å². The molecule has 0 bridgehead atoms. The number of hydrogen-bond donors (Lipinski definition) is 2. The Hall–Kier alpha value is -1.49. The first-order valence-electron chi connectivity index (χ1n) is 9.15. The maximum absolute atomic E-state index is 9.61. The Morgan fingerprint density at radius 1 is 1.12 bits per heavy atom. The maximum Gasteiger partial charge on any atom is 0.119 e. The van der Waals surface area contributed by atoms with Gasteiger partial charge >= 0.3 is 0 Å². The molecule has 0 radical (unpaired) electrons. The lowest BCUT2D eigenvalue weighted by molar-refractivity contribution is 0.134. The van der Waals surface area contributed by atoms with Crippen molar-refractivity contribution >= 4 is 22.5 Å². The van der Waals surface area contributed by atoms with Crippen LogP contribution in [0.1, 0.15) is 39.2 Å². The minimum atomic E-state index is -0.494. The van der Waals surface area contributed by atoms with E-state index in [-0.39, 0.29) is 12.0 Å². The average molecular weight is 374 g/mol. The lowest BCUT2D eigenvalue weighted by Gasteiger charge is -2.25. The Kier molecular flexibility index (Phi) is 7.56. The molecule has 0 aliphatic carbocycles. The second-order valence-corrected chi connectivity index (χ2v) is 8.31. The fraction of sp³-hybridized carbons (Fsp3) is 0.455. The molecule has 0 aromatic heterocycles. The zero-order chi connectivity index (χ0) is 19.3. The van der Waals surface area contributed by atoms with E-state index in [9.17, 15) is 5.11 Å². The van der Waals surface area contributed by atoms with Crippen molar-refractivity contribution in [1.82, 2.24) is 5.32 Å². The second kappa shape index (κ2) is 9.45. The van der Waals surface area contributed by atoms with Gasteiger partial charge in [0.15, 0.2) is 0 Å². The van der Waals surface area contributed by atoms with Crippen molar-refractivity contribution in [3.05, 3.63) is 53.4 Å². The van der Waals surface area contributed by atoms with Gasteiger partial charge in [0.25, 0.3) is 0 Å². The van der Waals surface area contributed by atoms with Gasteiger partial charge in [0.05, 0.1) is 7.11 Å². The fourth-order valence-electron chi connectivity index (χ4n) is 2.89. The van der Waals surface area contributed by atoms with Gasteiger partial charge in [0.2, 0.25) is 0 Å². The molecule has 0 aliphatic heterocycles. The Morgan fingerprint density at radius 2 is 1.77 bits per heavy atom. The molecule has 0 spiro atoms. The van der Waals surface area contributed by atoms with Crippen LogP contribution >= 0.6 is 11.8 Å². The van der Waals surface area contributed by atoms with E-state index in [0.29, 0.717) is 5.92 Å². The number of hydrogen-bond acceptors (Lipinski definition) is 4. The molecule has 2 aromatic rings. The Morgan fingerprint density at radius 3 is 2.38 bits per heavy atom. The monoisotopic (exact) mass is 373 g/mol. The molecule has 26 heavy (non-hydrogen) atoms. The van der Waals surface area contributed by atoms with Gasteiger partial charge in [-0.15, -0.1) is 11.8 Å². The number of thioether (sulfide) groups is 1. The topological polar surface area (TPSA) is 41.5 Å². The van der Waals surface area contributed by atoms with Crippen LogP contribution in [0.4, 0.5) is 0 Å². The van der Waals surface area contributed by atoms with Gasteiger partial charge in [-0.05, 0) is 46.2 Å². The Bertz CT molecular complexity index is 742. The highest BCUT2D eigenvalue weighted by Gasteiger charge is 2.18. The molecule has 142 valence electrons. The van der Waals surface area contributed by atoms with Crippen LogP contribution in [0, 0.1) is 5.92 Å². The van der Waals surface area contributed by atoms with Crippen molar-refractivity contribution in [1.29, 1.82) is 0 Å². The summed E-state index contributed by atoms with van der Waals surface area (Å²) < 4.78 is 5.30. The third kappa shape index (κ3) is 5.50. The number of allylic oxidation sites excluding steroid dienone is 1. The van der Waals surface area contributed by atoms with E-state index in [4.69, 9.17) is 4.74 Å². The number of ether oxygens (including phenoxy) is 1. The molecular weight excluding hydrogens is 342 g/mol. The molecule has 3 atom stereocenters. The van der Waals surface area contributed by atoms with Crippen molar-refractivity contribution in [3.8, 4) is 5.75 Å². The van der Waals surface area contributed by atoms with Crippen molar-refractivity contribution in [3.63, 3.8) is 0 Å². The summed E-state index contributed by atoms with van der Waals surface area (Å²) in [5, 5.41) is 15.2. The number of benzene rings is 2. The summed E-state index contributed by atoms with van der Waals surface area (Å²) in [5.74, 6) is 2.50. The quantitative estimate of drug-likeness (QED) is 0.596. The van der Waals surface area contributed by atoms with Crippen molar-refractivity contribution in [2.45, 2.75) is 45.9 Å². The fourth-order valence-corrected chi connectivity index (χ4v) is 4.15. The molecule has 4 heteroatoms. The predicted octanol–water partition coefficient (Wildman–Crippen LogP) is 5.15. The zero-order valence-corrected chi connectivity index (χ0v) is 17.3. The summed E-state index contributed by atoms with van der Waals surface area (Å²) in [7, 11) is 1.69. The third-order valence-corrected chi connectivity index (χ3v) is 6.01. The number of aliphatic hydroxyl groups is 1. The molecule has 0 aliphatic rings. The molecule has 0 amide bonds. The van der Waals surface area contributed by atoms with Gasteiger partial charge in [-0.25, -0.2) is 0 Å². The average Bonchev–Trinajstić information content (AvgIpc) is 2.62. The van der Waals surface area contributed by atoms with Crippen molar-refractivity contribution < 1.29 is 9.84 Å². The van der Waals surface area contributed by atoms with Gasteiger partial charge in [0, 0.05) is 17.7 Å². The minimum absolute atomic E-state index is 0.257. The molecule has 3 nitrogen and oxygen atoms in total. The molecular formula is C22H31NO2S. The summed E-state index contributed by atoms with van der Waals surface area (Å²) >= 11 is 1.78. The van der Waals surface area contributed by atoms with Gasteiger partial charge < -0.3 is 9.84 Å². The third-order valence-electron chi connectivity index (χ3n) is 4.76. The molecule has 0 saturated carbocycles. The largest absolute Gasteiger partial charge is 0.497 e. The smallest absolute Gasteiger partial charge is 0.119 e. The number of aliphatic hydroxyl groups excluding tert-OH is 1. The SMILES string of the molecule is C=C(SCC(NC(C)O)C(C)C)C(C)c1ccc2cc(OC)ccc2c1. The molecule has 0 heterocycles. The van der Waals surface area contributed by atoms with E-state index in [0.717, 1.165) is 16.4 Å². The summed E-state index contributed by atoms with van der Waals surface area (Å²) in [6.07, 6.45) is -0.494. The highest BCUT2D eigenvalue weighted by Crippen LogP contribution is 2.34. The van der Waals surface area contributed by atoms with E-state index >= 15 is 0 Å². The van der Waals surface area contributed by atoms with E-state index < -0.39 is 6.23 Å². The number of methoxy groups -OCH3 is 1. The minimum Gasteiger partial charge on any atom is -0.497 e. The summed E-state index contributed by atoms with van der Waals surface area (Å²) in [6.45, 7) is 12.6. The standard InChI is InChI=1S/C22H31NO2S/c1-14(2)22(23-17(5)24)13-26-16(4)15(3)18-7-8-20-12-21(25-6)10-9-19(20)11-18/h7-12,14-15,17,22-24H,4,13H2,1-3,5-6H3. The van der Waals surface area contributed by atoms with E-state index in [1.54, 1.807) is 25.8 Å². The van der Waals surface area contributed by atoms with Gasteiger partial charge in [-0.3, -0.25) is 5.32 Å². The van der Waals surface area contributed by atoms with Crippen LogP contribution in [0.15, 0.2) is 47.9 Å². The van der Waals surface area contributed by atoms with Crippen LogP contribution in [0.3, 0.4) is 0 Å². The molecule has 2 aromatic carbocycles. The van der Waals surface area contributed by atoms with Crippen LogP contribution in [0.25, 0.3) is 10.8 Å². The first kappa shape index (κ1) is 20.8. The van der Waals surface area contributed by atoms with Crippen molar-refractivity contribution in [2.24, 2.45) is 5.92 Å². The second-order valence-electron chi connectivity index (χ2n) is 7.16.